The molecule has 0 spiro atoms. The third-order valence-corrected chi connectivity index (χ3v) is 3.99. The summed E-state index contributed by atoms with van der Waals surface area (Å²) in [6.45, 7) is 5.75. The highest BCUT2D eigenvalue weighted by Gasteiger charge is 2.15. The van der Waals surface area contributed by atoms with E-state index in [0.717, 1.165) is 32.2 Å². The van der Waals surface area contributed by atoms with Gasteiger partial charge in [-0.2, -0.15) is 0 Å². The highest BCUT2D eigenvalue weighted by Crippen LogP contribution is 2.38. The van der Waals surface area contributed by atoms with Crippen LogP contribution in [0.3, 0.4) is 0 Å². The van der Waals surface area contributed by atoms with E-state index < -0.39 is 0 Å². The number of aromatic nitrogens is 2. The van der Waals surface area contributed by atoms with Gasteiger partial charge in [0.2, 0.25) is 5.88 Å². The van der Waals surface area contributed by atoms with Crippen LogP contribution in [0.1, 0.15) is 6.92 Å². The first-order chi connectivity index (χ1) is 10.2. The predicted molar refractivity (Wildman–Crippen MR) is 87.8 cm³/mol. The van der Waals surface area contributed by atoms with E-state index in [-0.39, 0.29) is 0 Å². The van der Waals surface area contributed by atoms with Gasteiger partial charge in [0.15, 0.2) is 5.13 Å². The van der Waals surface area contributed by atoms with E-state index in [1.807, 2.05) is 31.3 Å². The van der Waals surface area contributed by atoms with Crippen molar-refractivity contribution in [1.29, 1.82) is 0 Å². The number of benzene rings is 1. The Hall–Kier alpha value is -2.40. The molecule has 0 saturated carbocycles. The molecular formula is C16H15N3OS. The standard InChI is InChI=1S/C16H15N3OS/c1-10(2)18-16-19-13-14(21-16)12(9-17-15(13)20-3)11-7-5-4-6-8-11/h4-9H,1H2,2-3H3,(H,18,19). The summed E-state index contributed by atoms with van der Waals surface area (Å²) < 4.78 is 6.37. The average molecular weight is 297 g/mol. The molecule has 0 unspecified atom stereocenters. The van der Waals surface area contributed by atoms with Crippen LogP contribution in [0.2, 0.25) is 0 Å². The lowest BCUT2D eigenvalue weighted by atomic mass is 10.1. The van der Waals surface area contributed by atoms with Crippen LogP contribution < -0.4 is 10.1 Å². The van der Waals surface area contributed by atoms with Crippen molar-refractivity contribution < 1.29 is 4.74 Å². The van der Waals surface area contributed by atoms with E-state index >= 15 is 0 Å². The van der Waals surface area contributed by atoms with Gasteiger partial charge in [-0.15, -0.1) is 0 Å². The van der Waals surface area contributed by atoms with E-state index in [0.29, 0.717) is 5.88 Å². The van der Waals surface area contributed by atoms with Crippen LogP contribution >= 0.6 is 11.3 Å². The largest absolute Gasteiger partial charge is 0.479 e. The van der Waals surface area contributed by atoms with Gasteiger partial charge in [-0.25, -0.2) is 9.97 Å². The molecule has 0 saturated heterocycles. The second-order valence-electron chi connectivity index (χ2n) is 4.65. The molecule has 1 N–H and O–H groups in total. The summed E-state index contributed by atoms with van der Waals surface area (Å²) in [7, 11) is 1.61. The summed E-state index contributed by atoms with van der Waals surface area (Å²) in [4.78, 5) is 8.93. The molecule has 3 rings (SSSR count). The number of nitrogens with zero attached hydrogens (tertiary/aromatic N) is 2. The molecule has 0 radical (unpaired) electrons. The fourth-order valence-corrected chi connectivity index (χ4v) is 3.16. The molecule has 0 aliphatic heterocycles. The fraction of sp³-hybridized carbons (Fsp3) is 0.125. The first-order valence-corrected chi connectivity index (χ1v) is 7.32. The smallest absolute Gasteiger partial charge is 0.241 e. The number of allylic oxidation sites excluding steroid dienone is 1. The predicted octanol–water partition coefficient (Wildman–Crippen LogP) is 4.31. The van der Waals surface area contributed by atoms with Crippen LogP contribution in [0.5, 0.6) is 5.88 Å². The van der Waals surface area contributed by atoms with Gasteiger partial charge >= 0.3 is 0 Å². The minimum atomic E-state index is 0.538. The van der Waals surface area contributed by atoms with Crippen molar-refractivity contribution in [3.05, 3.63) is 48.8 Å². The molecule has 4 nitrogen and oxygen atoms in total. The van der Waals surface area contributed by atoms with Crippen molar-refractivity contribution in [2.45, 2.75) is 6.92 Å². The number of nitrogens with one attached hydrogen (secondary N) is 1. The number of rotatable bonds is 4. The normalized spacial score (nSPS) is 10.6. The molecule has 3 aromatic rings. The molecule has 5 heteroatoms. The summed E-state index contributed by atoms with van der Waals surface area (Å²) in [6.07, 6.45) is 1.83. The van der Waals surface area contributed by atoms with Crippen molar-refractivity contribution in [1.82, 2.24) is 9.97 Å². The number of methoxy groups -OCH3 is 1. The van der Waals surface area contributed by atoms with E-state index in [1.54, 1.807) is 18.4 Å². The van der Waals surface area contributed by atoms with Crippen molar-refractivity contribution in [3.8, 4) is 17.0 Å². The number of ether oxygens (including phenoxy) is 1. The van der Waals surface area contributed by atoms with Crippen molar-refractivity contribution in [2.75, 3.05) is 12.4 Å². The highest BCUT2D eigenvalue weighted by molar-refractivity contribution is 7.22. The van der Waals surface area contributed by atoms with Crippen LogP contribution in [0.4, 0.5) is 5.13 Å². The monoisotopic (exact) mass is 297 g/mol. The number of anilines is 1. The lowest BCUT2D eigenvalue weighted by Gasteiger charge is -2.04. The molecule has 2 aromatic heterocycles. The zero-order valence-corrected chi connectivity index (χ0v) is 12.7. The topological polar surface area (TPSA) is 47.0 Å². The van der Waals surface area contributed by atoms with Gasteiger partial charge in [-0.05, 0) is 12.5 Å². The second-order valence-corrected chi connectivity index (χ2v) is 5.65. The minimum Gasteiger partial charge on any atom is -0.479 e. The third kappa shape index (κ3) is 2.60. The number of fused-ring (bicyclic) bond motifs is 1. The molecule has 0 atom stereocenters. The molecule has 0 fully saturated rings. The van der Waals surface area contributed by atoms with Gasteiger partial charge in [0.05, 0.1) is 11.8 Å². The van der Waals surface area contributed by atoms with Gasteiger partial charge in [0, 0.05) is 17.5 Å². The van der Waals surface area contributed by atoms with Gasteiger partial charge in [0.25, 0.3) is 0 Å². The number of pyridine rings is 1. The Bertz CT molecular complexity index is 796. The number of hydrogen-bond donors (Lipinski definition) is 1. The van der Waals surface area contributed by atoms with Gasteiger partial charge in [-0.1, -0.05) is 48.2 Å². The third-order valence-electron chi connectivity index (χ3n) is 2.98. The van der Waals surface area contributed by atoms with Crippen LogP contribution in [0.15, 0.2) is 48.8 Å². The minimum absolute atomic E-state index is 0.538. The zero-order chi connectivity index (χ0) is 14.8. The first-order valence-electron chi connectivity index (χ1n) is 6.50. The molecule has 0 amide bonds. The summed E-state index contributed by atoms with van der Waals surface area (Å²) in [5, 5.41) is 3.95. The van der Waals surface area contributed by atoms with E-state index in [1.165, 1.54) is 0 Å². The average Bonchev–Trinajstić information content (AvgIpc) is 2.89. The molecule has 2 heterocycles. The van der Waals surface area contributed by atoms with Crippen molar-refractivity contribution >= 4 is 26.7 Å². The Balaban J connectivity index is 2.22. The summed E-state index contributed by atoms with van der Waals surface area (Å²) in [5.41, 5.74) is 3.79. The maximum Gasteiger partial charge on any atom is 0.241 e. The quantitative estimate of drug-likeness (QED) is 0.779. The molecule has 1 aromatic carbocycles. The van der Waals surface area contributed by atoms with Gasteiger partial charge < -0.3 is 10.1 Å². The van der Waals surface area contributed by atoms with Gasteiger partial charge in [0.1, 0.15) is 5.52 Å². The maximum atomic E-state index is 5.32. The van der Waals surface area contributed by atoms with Crippen LogP contribution in [0.25, 0.3) is 21.3 Å². The highest BCUT2D eigenvalue weighted by atomic mass is 32.1. The molecular weight excluding hydrogens is 282 g/mol. The first kappa shape index (κ1) is 13.6. The van der Waals surface area contributed by atoms with Crippen LogP contribution in [-0.4, -0.2) is 17.1 Å². The van der Waals surface area contributed by atoms with E-state index in [4.69, 9.17) is 4.74 Å². The van der Waals surface area contributed by atoms with Gasteiger partial charge in [-0.3, -0.25) is 0 Å². The Labute approximate surface area is 127 Å². The molecule has 0 aliphatic rings. The molecule has 0 aliphatic carbocycles. The Morgan fingerprint density at radius 1 is 1.29 bits per heavy atom. The summed E-state index contributed by atoms with van der Waals surface area (Å²) in [6, 6.07) is 10.2. The van der Waals surface area contributed by atoms with E-state index in [9.17, 15) is 0 Å². The summed E-state index contributed by atoms with van der Waals surface area (Å²) >= 11 is 1.57. The van der Waals surface area contributed by atoms with Crippen LogP contribution in [0, 0.1) is 0 Å². The molecule has 21 heavy (non-hydrogen) atoms. The molecule has 106 valence electrons. The Morgan fingerprint density at radius 2 is 2.05 bits per heavy atom. The van der Waals surface area contributed by atoms with Crippen molar-refractivity contribution in [2.24, 2.45) is 0 Å². The zero-order valence-electron chi connectivity index (χ0n) is 11.9. The Kier molecular flexibility index (Phi) is 3.58. The van der Waals surface area contributed by atoms with Crippen LogP contribution in [-0.2, 0) is 0 Å². The fourth-order valence-electron chi connectivity index (χ4n) is 2.10. The van der Waals surface area contributed by atoms with E-state index in [2.05, 4.69) is 34.0 Å². The maximum absolute atomic E-state index is 5.32. The SMILES string of the molecule is C=C(C)Nc1nc2c(OC)ncc(-c3ccccc3)c2s1. The second kappa shape index (κ2) is 5.54. The molecule has 0 bridgehead atoms. The van der Waals surface area contributed by atoms with Crippen molar-refractivity contribution in [3.63, 3.8) is 0 Å². The number of hydrogen-bond acceptors (Lipinski definition) is 5. The Morgan fingerprint density at radius 3 is 2.71 bits per heavy atom. The number of thiazole rings is 1. The summed E-state index contributed by atoms with van der Waals surface area (Å²) in [5.74, 6) is 0.538. The lowest BCUT2D eigenvalue weighted by molar-refractivity contribution is 0.402. The lowest BCUT2D eigenvalue weighted by Crippen LogP contribution is -1.93.